The van der Waals surface area contributed by atoms with Crippen molar-refractivity contribution in [2.45, 2.75) is 6.92 Å². The van der Waals surface area contributed by atoms with Gasteiger partial charge in [0.2, 0.25) is 5.91 Å². The van der Waals surface area contributed by atoms with Gasteiger partial charge in [0.05, 0.1) is 12.8 Å². The van der Waals surface area contributed by atoms with E-state index >= 15 is 0 Å². The minimum Gasteiger partial charge on any atom is -0.493 e. The fourth-order valence-corrected chi connectivity index (χ4v) is 2.12. The molecule has 0 aromatic heterocycles. The van der Waals surface area contributed by atoms with E-state index in [2.05, 4.69) is 5.32 Å². The maximum atomic E-state index is 13.7. The Hall–Kier alpha value is -3.35. The van der Waals surface area contributed by atoms with Gasteiger partial charge in [-0.25, -0.2) is 4.39 Å². The molecule has 0 fully saturated rings. The molecule has 0 aliphatic heterocycles. The second-order valence-corrected chi connectivity index (χ2v) is 5.47. The number of benzene rings is 2. The van der Waals surface area contributed by atoms with Gasteiger partial charge in [-0.3, -0.25) is 9.59 Å². The quantitative estimate of drug-likeness (QED) is 0.745. The first kappa shape index (κ1) is 19.0. The van der Waals surface area contributed by atoms with Gasteiger partial charge in [-0.2, -0.15) is 0 Å². The minimum absolute atomic E-state index is 0.109. The predicted octanol–water partition coefficient (Wildman–Crippen LogP) is 2.66. The van der Waals surface area contributed by atoms with Crippen LogP contribution in [0.25, 0.3) is 6.08 Å². The third-order valence-corrected chi connectivity index (χ3v) is 3.37. The van der Waals surface area contributed by atoms with Crippen molar-refractivity contribution in [3.05, 3.63) is 59.4 Å². The molecule has 2 aromatic carbocycles. The molecule has 0 radical (unpaired) electrons. The molecule has 2 rings (SSSR count). The molecule has 26 heavy (non-hydrogen) atoms. The third kappa shape index (κ3) is 5.34. The van der Waals surface area contributed by atoms with Crippen LogP contribution >= 0.6 is 0 Å². The van der Waals surface area contributed by atoms with Gasteiger partial charge in [-0.05, 0) is 48.4 Å². The van der Waals surface area contributed by atoms with E-state index in [1.54, 1.807) is 37.3 Å². The van der Waals surface area contributed by atoms with Gasteiger partial charge in [-0.1, -0.05) is 12.1 Å². The number of halogens is 1. The molecule has 136 valence electrons. The predicted molar refractivity (Wildman–Crippen MR) is 96.5 cm³/mol. The summed E-state index contributed by atoms with van der Waals surface area (Å²) < 4.78 is 24.2. The highest BCUT2D eigenvalue weighted by molar-refractivity contribution is 6.02. The molecule has 0 saturated carbocycles. The van der Waals surface area contributed by atoms with E-state index in [0.717, 1.165) is 5.56 Å². The van der Waals surface area contributed by atoms with Gasteiger partial charge in [0, 0.05) is 6.08 Å². The number of primary amides is 1. The van der Waals surface area contributed by atoms with E-state index in [-0.39, 0.29) is 12.3 Å². The molecular weight excluding hydrogens is 339 g/mol. The molecule has 0 aliphatic carbocycles. The number of amides is 2. The summed E-state index contributed by atoms with van der Waals surface area (Å²) in [6.07, 6.45) is 2.82. The van der Waals surface area contributed by atoms with E-state index in [0.29, 0.717) is 17.1 Å². The first-order valence-electron chi connectivity index (χ1n) is 7.73. The number of hydrogen-bond acceptors (Lipinski definition) is 4. The Morgan fingerprint density at radius 1 is 1.19 bits per heavy atom. The monoisotopic (exact) mass is 358 g/mol. The van der Waals surface area contributed by atoms with E-state index in [4.69, 9.17) is 15.2 Å². The van der Waals surface area contributed by atoms with Crippen LogP contribution in [0.5, 0.6) is 11.5 Å². The highest BCUT2D eigenvalue weighted by Crippen LogP contribution is 2.28. The average molecular weight is 358 g/mol. The van der Waals surface area contributed by atoms with Gasteiger partial charge in [0.25, 0.3) is 5.91 Å². The lowest BCUT2D eigenvalue weighted by Crippen LogP contribution is -2.20. The van der Waals surface area contributed by atoms with Gasteiger partial charge in [-0.15, -0.1) is 0 Å². The van der Waals surface area contributed by atoms with Crippen molar-refractivity contribution in [3.63, 3.8) is 0 Å². The number of ether oxygens (including phenoxy) is 2. The van der Waals surface area contributed by atoms with Crippen LogP contribution in [-0.2, 0) is 9.59 Å². The molecule has 0 spiro atoms. The lowest BCUT2D eigenvalue weighted by molar-refractivity contribution is -0.120. The zero-order chi connectivity index (χ0) is 19.1. The zero-order valence-electron chi connectivity index (χ0n) is 14.4. The Labute approximate surface area is 150 Å². The molecule has 7 heteroatoms. The van der Waals surface area contributed by atoms with Gasteiger partial charge < -0.3 is 20.5 Å². The van der Waals surface area contributed by atoms with Gasteiger partial charge in [0.15, 0.2) is 18.1 Å². The highest BCUT2D eigenvalue weighted by Gasteiger charge is 2.07. The van der Waals surface area contributed by atoms with Crippen molar-refractivity contribution < 1.29 is 23.5 Å². The molecule has 6 nitrogen and oxygen atoms in total. The largest absolute Gasteiger partial charge is 0.493 e. The van der Waals surface area contributed by atoms with E-state index in [9.17, 15) is 14.0 Å². The SMILES string of the molecule is COc1cc(/C=C/C(=O)Nc2ccc(C)cc2F)ccc1OCC(N)=O. The van der Waals surface area contributed by atoms with Crippen molar-refractivity contribution in [2.24, 2.45) is 5.73 Å². The van der Waals surface area contributed by atoms with Crippen LogP contribution in [0, 0.1) is 12.7 Å². The fraction of sp³-hybridized carbons (Fsp3) is 0.158. The zero-order valence-corrected chi connectivity index (χ0v) is 14.4. The summed E-state index contributed by atoms with van der Waals surface area (Å²) in [6, 6.07) is 9.46. The number of nitrogens with two attached hydrogens (primary N) is 1. The molecule has 2 amide bonds. The Morgan fingerprint density at radius 2 is 1.96 bits per heavy atom. The summed E-state index contributed by atoms with van der Waals surface area (Å²) in [5, 5.41) is 2.47. The van der Waals surface area contributed by atoms with Crippen LogP contribution < -0.4 is 20.5 Å². The lowest BCUT2D eigenvalue weighted by Gasteiger charge is -2.10. The Balaban J connectivity index is 2.06. The van der Waals surface area contributed by atoms with Crippen molar-refractivity contribution in [2.75, 3.05) is 19.0 Å². The molecule has 0 bridgehead atoms. The van der Waals surface area contributed by atoms with Crippen molar-refractivity contribution in [3.8, 4) is 11.5 Å². The summed E-state index contributed by atoms with van der Waals surface area (Å²) in [4.78, 5) is 22.7. The Kier molecular flexibility index (Phi) is 6.32. The molecule has 0 unspecified atom stereocenters. The van der Waals surface area contributed by atoms with E-state index in [1.165, 1.54) is 25.3 Å². The smallest absolute Gasteiger partial charge is 0.255 e. The minimum atomic E-state index is -0.601. The van der Waals surface area contributed by atoms with Crippen LogP contribution in [0.1, 0.15) is 11.1 Å². The van der Waals surface area contributed by atoms with Crippen molar-refractivity contribution in [1.29, 1.82) is 0 Å². The first-order valence-corrected chi connectivity index (χ1v) is 7.73. The number of aryl methyl sites for hydroxylation is 1. The van der Waals surface area contributed by atoms with Crippen LogP contribution in [-0.4, -0.2) is 25.5 Å². The summed E-state index contributed by atoms with van der Waals surface area (Å²) in [5.41, 5.74) is 6.57. The van der Waals surface area contributed by atoms with E-state index in [1.807, 2.05) is 0 Å². The maximum absolute atomic E-state index is 13.7. The van der Waals surface area contributed by atoms with Crippen LogP contribution in [0.4, 0.5) is 10.1 Å². The molecule has 3 N–H and O–H groups in total. The lowest BCUT2D eigenvalue weighted by atomic mass is 10.2. The first-order chi connectivity index (χ1) is 12.4. The number of anilines is 1. The number of nitrogens with one attached hydrogen (secondary N) is 1. The van der Waals surface area contributed by atoms with Crippen molar-refractivity contribution >= 4 is 23.6 Å². The second kappa shape index (κ2) is 8.66. The third-order valence-electron chi connectivity index (χ3n) is 3.37. The number of carbonyl (C=O) groups is 2. The molecule has 0 saturated heterocycles. The number of rotatable bonds is 7. The molecule has 0 heterocycles. The number of methoxy groups -OCH3 is 1. The molecule has 0 atom stereocenters. The number of carbonyl (C=O) groups excluding carboxylic acids is 2. The summed E-state index contributed by atoms with van der Waals surface area (Å²) in [5.74, 6) is -0.825. The standard InChI is InChI=1S/C19H19FN2O4/c1-12-3-6-15(14(20)9-12)22-19(24)8-5-13-4-7-16(17(10-13)25-2)26-11-18(21)23/h3-10H,11H2,1-2H3,(H2,21,23)(H,22,24)/b8-5+. The van der Waals surface area contributed by atoms with Gasteiger partial charge >= 0.3 is 0 Å². The second-order valence-electron chi connectivity index (χ2n) is 5.47. The summed E-state index contributed by atoms with van der Waals surface area (Å²) >= 11 is 0. The van der Waals surface area contributed by atoms with Crippen LogP contribution in [0.15, 0.2) is 42.5 Å². The summed E-state index contributed by atoms with van der Waals surface area (Å²) in [7, 11) is 1.45. The van der Waals surface area contributed by atoms with Crippen molar-refractivity contribution in [1.82, 2.24) is 0 Å². The topological polar surface area (TPSA) is 90.7 Å². The normalized spacial score (nSPS) is 10.6. The molecule has 2 aromatic rings. The highest BCUT2D eigenvalue weighted by atomic mass is 19.1. The number of hydrogen-bond donors (Lipinski definition) is 2. The van der Waals surface area contributed by atoms with E-state index < -0.39 is 17.6 Å². The maximum Gasteiger partial charge on any atom is 0.255 e. The van der Waals surface area contributed by atoms with Gasteiger partial charge in [0.1, 0.15) is 5.82 Å². The molecule has 0 aliphatic rings. The fourth-order valence-electron chi connectivity index (χ4n) is 2.12. The summed E-state index contributed by atoms with van der Waals surface area (Å²) in [6.45, 7) is 1.49. The van der Waals surface area contributed by atoms with Crippen LogP contribution in [0.2, 0.25) is 0 Å². The molecular formula is C19H19FN2O4. The Morgan fingerprint density at radius 3 is 2.62 bits per heavy atom. The Bertz CT molecular complexity index is 849. The van der Waals surface area contributed by atoms with Crippen LogP contribution in [0.3, 0.4) is 0 Å². The average Bonchev–Trinajstić information content (AvgIpc) is 2.60.